The number of allylic oxidation sites excluding steroid dienone is 5. The monoisotopic (exact) mass is 445 g/mol. The van der Waals surface area contributed by atoms with E-state index in [0.717, 1.165) is 25.3 Å². The summed E-state index contributed by atoms with van der Waals surface area (Å²) in [7, 11) is 0. The molecule has 3 aliphatic rings. The van der Waals surface area contributed by atoms with E-state index in [1.54, 1.807) is 0 Å². The molecule has 1 saturated carbocycles. The second kappa shape index (κ2) is 8.85. The molecule has 8 atom stereocenters. The van der Waals surface area contributed by atoms with Crippen molar-refractivity contribution in [2.75, 3.05) is 0 Å². The molecule has 1 heterocycles. The Hall–Kier alpha value is -2.41. The molecule has 0 bridgehead atoms. The Labute approximate surface area is 189 Å². The summed E-state index contributed by atoms with van der Waals surface area (Å²) >= 11 is 0. The highest BCUT2D eigenvalue weighted by Gasteiger charge is 2.49. The molecule has 0 spiro atoms. The number of Topliss-reactive ketones (excluding diaryl/α,β-unsaturated/α-hetero) is 1. The molecule has 2 aliphatic carbocycles. The summed E-state index contributed by atoms with van der Waals surface area (Å²) in [5, 5.41) is 33.2. The number of aliphatic hydroxyl groups excluding tert-OH is 1. The van der Waals surface area contributed by atoms with E-state index in [1.165, 1.54) is 0 Å². The van der Waals surface area contributed by atoms with E-state index in [0.29, 0.717) is 11.8 Å². The molecular formula is C25H35NO6. The third-order valence-corrected chi connectivity index (χ3v) is 7.68. The average molecular weight is 446 g/mol. The van der Waals surface area contributed by atoms with E-state index in [2.05, 4.69) is 31.3 Å². The molecule has 0 aromatic carbocycles. The lowest BCUT2D eigenvalue weighted by molar-refractivity contribution is -0.158. The van der Waals surface area contributed by atoms with Crippen LogP contribution in [0.3, 0.4) is 0 Å². The van der Waals surface area contributed by atoms with E-state index in [1.807, 2.05) is 19.9 Å². The van der Waals surface area contributed by atoms with Crippen molar-refractivity contribution in [1.82, 2.24) is 5.32 Å². The molecule has 1 unspecified atom stereocenters. The van der Waals surface area contributed by atoms with Crippen LogP contribution in [-0.2, 0) is 14.4 Å². The van der Waals surface area contributed by atoms with Crippen LogP contribution in [0.1, 0.15) is 53.9 Å². The first-order valence-corrected chi connectivity index (χ1v) is 11.4. The van der Waals surface area contributed by atoms with Gasteiger partial charge in [0, 0.05) is 18.3 Å². The standard InChI is InChI=1S/C25H35NO6/c1-6-13(3)16-8-7-15-10-12(2)9-14(4)18(15)19(16)22(28)20-21(27)17(26-23(20)29)11-25(5,32)24(30)31/h6-8,12,14-19,28,32H,9-11H2,1-5H3,(H,26,29)(H,30,31)/b13-6+,22-20-/t12-,14+,15-,16+,17-,18?,19-,25-/m1/s1. The summed E-state index contributed by atoms with van der Waals surface area (Å²) in [6.45, 7) is 9.40. The van der Waals surface area contributed by atoms with Gasteiger partial charge in [0.1, 0.15) is 11.3 Å². The zero-order valence-electron chi connectivity index (χ0n) is 19.5. The zero-order valence-corrected chi connectivity index (χ0v) is 19.5. The Morgan fingerprint density at radius 3 is 2.47 bits per heavy atom. The van der Waals surface area contributed by atoms with Crippen LogP contribution in [0, 0.1) is 35.5 Å². The molecule has 0 radical (unpaired) electrons. The van der Waals surface area contributed by atoms with Crippen LogP contribution >= 0.6 is 0 Å². The number of aliphatic carboxylic acids is 1. The summed E-state index contributed by atoms with van der Waals surface area (Å²) in [6.07, 6.45) is 7.85. The lowest BCUT2D eigenvalue weighted by atomic mass is 9.57. The molecule has 4 N–H and O–H groups in total. The predicted octanol–water partition coefficient (Wildman–Crippen LogP) is 3.16. The lowest BCUT2D eigenvalue weighted by Crippen LogP contribution is -2.43. The molecule has 0 aromatic rings. The first-order chi connectivity index (χ1) is 14.9. The van der Waals surface area contributed by atoms with Gasteiger partial charge in [0.2, 0.25) is 0 Å². The minimum Gasteiger partial charge on any atom is -0.511 e. The van der Waals surface area contributed by atoms with Gasteiger partial charge >= 0.3 is 5.97 Å². The van der Waals surface area contributed by atoms with Gasteiger partial charge in [0.25, 0.3) is 5.91 Å². The summed E-state index contributed by atoms with van der Waals surface area (Å²) in [4.78, 5) is 37.1. The molecule has 3 rings (SSSR count). The quantitative estimate of drug-likeness (QED) is 0.223. The Kier molecular flexibility index (Phi) is 6.70. The molecular weight excluding hydrogens is 410 g/mol. The second-order valence-electron chi connectivity index (χ2n) is 10.2. The highest BCUT2D eigenvalue weighted by atomic mass is 16.4. The fraction of sp³-hybridized carbons (Fsp3) is 0.640. The number of nitrogens with one attached hydrogen (secondary N) is 1. The molecule has 7 nitrogen and oxygen atoms in total. The summed E-state index contributed by atoms with van der Waals surface area (Å²) < 4.78 is 0. The number of hydrogen-bond donors (Lipinski definition) is 4. The summed E-state index contributed by atoms with van der Waals surface area (Å²) in [5.41, 5.74) is -1.41. The first kappa shape index (κ1) is 24.2. The van der Waals surface area contributed by atoms with Crippen molar-refractivity contribution in [3.05, 3.63) is 35.1 Å². The molecule has 7 heteroatoms. The number of amides is 1. The van der Waals surface area contributed by atoms with Crippen LogP contribution in [0.5, 0.6) is 0 Å². The fourth-order valence-corrected chi connectivity index (χ4v) is 5.98. The number of fused-ring (bicyclic) bond motifs is 1. The number of carbonyl (C=O) groups is 3. The number of rotatable bonds is 5. The normalized spacial score (nSPS) is 38.7. The highest BCUT2D eigenvalue weighted by molar-refractivity contribution is 6.27. The molecule has 176 valence electrons. The topological polar surface area (TPSA) is 124 Å². The van der Waals surface area contributed by atoms with Crippen molar-refractivity contribution in [3.8, 4) is 0 Å². The van der Waals surface area contributed by atoms with E-state index in [-0.39, 0.29) is 29.1 Å². The molecule has 1 aliphatic heterocycles. The van der Waals surface area contributed by atoms with Crippen LogP contribution in [0.25, 0.3) is 0 Å². The second-order valence-corrected chi connectivity index (χ2v) is 10.2. The van der Waals surface area contributed by atoms with Gasteiger partial charge in [-0.3, -0.25) is 9.59 Å². The predicted molar refractivity (Wildman–Crippen MR) is 120 cm³/mol. The first-order valence-electron chi connectivity index (χ1n) is 11.4. The Morgan fingerprint density at radius 2 is 1.88 bits per heavy atom. The number of carboxylic acids is 1. The lowest BCUT2D eigenvalue weighted by Gasteiger charge is -2.47. The zero-order chi connectivity index (χ0) is 24.0. The van der Waals surface area contributed by atoms with Crippen molar-refractivity contribution in [2.45, 2.75) is 65.5 Å². The van der Waals surface area contributed by atoms with Gasteiger partial charge in [-0.1, -0.05) is 37.6 Å². The minimum absolute atomic E-state index is 0.0883. The summed E-state index contributed by atoms with van der Waals surface area (Å²) in [5.74, 6) is -2.39. The van der Waals surface area contributed by atoms with E-state index in [9.17, 15) is 29.7 Å². The highest BCUT2D eigenvalue weighted by Crippen LogP contribution is 2.51. The molecule has 0 aromatic heterocycles. The van der Waals surface area contributed by atoms with Crippen LogP contribution in [0.15, 0.2) is 35.1 Å². The summed E-state index contributed by atoms with van der Waals surface area (Å²) in [6, 6.07) is -1.19. The van der Waals surface area contributed by atoms with Crippen molar-refractivity contribution in [3.63, 3.8) is 0 Å². The number of carboxylic acid groups (broad SMARTS) is 1. The number of carbonyl (C=O) groups excluding carboxylic acids is 2. The largest absolute Gasteiger partial charge is 0.511 e. The van der Waals surface area contributed by atoms with E-state index < -0.39 is 41.6 Å². The number of aliphatic hydroxyl groups is 2. The van der Waals surface area contributed by atoms with Crippen molar-refractivity contribution >= 4 is 17.7 Å². The molecule has 32 heavy (non-hydrogen) atoms. The maximum absolute atomic E-state index is 13.1. The van der Waals surface area contributed by atoms with Gasteiger partial charge in [-0.15, -0.1) is 0 Å². The van der Waals surface area contributed by atoms with Crippen molar-refractivity contribution in [2.24, 2.45) is 35.5 Å². The Balaban J connectivity index is 2.04. The van der Waals surface area contributed by atoms with Gasteiger partial charge in [-0.05, 0) is 57.3 Å². The van der Waals surface area contributed by atoms with Crippen LogP contribution < -0.4 is 5.32 Å². The fourth-order valence-electron chi connectivity index (χ4n) is 5.98. The molecule has 2 fully saturated rings. The smallest absolute Gasteiger partial charge is 0.335 e. The molecule has 1 amide bonds. The van der Waals surface area contributed by atoms with Gasteiger partial charge < -0.3 is 20.6 Å². The van der Waals surface area contributed by atoms with Crippen LogP contribution in [0.2, 0.25) is 0 Å². The van der Waals surface area contributed by atoms with Gasteiger partial charge in [-0.25, -0.2) is 4.79 Å². The molecule has 1 saturated heterocycles. The third-order valence-electron chi connectivity index (χ3n) is 7.68. The van der Waals surface area contributed by atoms with Gasteiger partial charge in [0.15, 0.2) is 11.4 Å². The van der Waals surface area contributed by atoms with Crippen molar-refractivity contribution in [1.29, 1.82) is 0 Å². The van der Waals surface area contributed by atoms with Crippen molar-refractivity contribution < 1.29 is 29.7 Å². The van der Waals surface area contributed by atoms with Gasteiger partial charge in [-0.2, -0.15) is 0 Å². The van der Waals surface area contributed by atoms with E-state index in [4.69, 9.17) is 0 Å². The van der Waals surface area contributed by atoms with Crippen LogP contribution in [0.4, 0.5) is 0 Å². The Bertz CT molecular complexity index is 898. The SMILES string of the molecule is C/C=C(\C)[C@@H]1C=C[C@@H]2C[C@H](C)C[C@H](C)C2[C@@H]1/C(O)=C1/C(=O)N[C@H](C[C@@](C)(O)C(=O)O)C1=O. The third kappa shape index (κ3) is 4.27. The maximum Gasteiger partial charge on any atom is 0.335 e. The van der Waals surface area contributed by atoms with Gasteiger partial charge in [0.05, 0.1) is 6.04 Å². The van der Waals surface area contributed by atoms with Crippen LogP contribution in [-0.4, -0.2) is 44.6 Å². The minimum atomic E-state index is -2.17. The number of ketones is 1. The van der Waals surface area contributed by atoms with E-state index >= 15 is 0 Å². The number of hydrogen-bond acceptors (Lipinski definition) is 5. The maximum atomic E-state index is 13.1. The average Bonchev–Trinajstić information content (AvgIpc) is 2.98. The Morgan fingerprint density at radius 1 is 1.22 bits per heavy atom.